The van der Waals surface area contributed by atoms with Crippen molar-refractivity contribution in [2.45, 2.75) is 19.9 Å². The number of halogens is 2. The van der Waals surface area contributed by atoms with Gasteiger partial charge in [0.2, 0.25) is 0 Å². The number of nitrogens with one attached hydrogen (secondary N) is 1. The van der Waals surface area contributed by atoms with E-state index >= 15 is 0 Å². The largest absolute Gasteiger partial charge is 0.306 e. The minimum atomic E-state index is 0.236. The summed E-state index contributed by atoms with van der Waals surface area (Å²) in [4.78, 5) is 1.32. The Morgan fingerprint density at radius 3 is 2.56 bits per heavy atom. The maximum atomic E-state index is 3.68. The van der Waals surface area contributed by atoms with E-state index in [0.29, 0.717) is 0 Å². The number of rotatable bonds is 4. The highest BCUT2D eigenvalue weighted by molar-refractivity contribution is 9.10. The first-order chi connectivity index (χ1) is 8.63. The maximum Gasteiger partial charge on any atom is 0.0693 e. The van der Waals surface area contributed by atoms with E-state index in [0.717, 1.165) is 11.0 Å². The van der Waals surface area contributed by atoms with Crippen LogP contribution in [0.2, 0.25) is 0 Å². The van der Waals surface area contributed by atoms with E-state index in [9.17, 15) is 0 Å². The lowest BCUT2D eigenvalue weighted by Crippen LogP contribution is -2.21. The SMILES string of the molecule is CCNC(c1ccc(C)cc1Br)c1sccc1Br. The van der Waals surface area contributed by atoms with Crippen molar-refractivity contribution in [1.29, 1.82) is 0 Å². The van der Waals surface area contributed by atoms with E-state index in [1.807, 2.05) is 0 Å². The second-order valence-corrected chi connectivity index (χ2v) is 6.80. The molecule has 4 heteroatoms. The molecule has 0 saturated heterocycles. The van der Waals surface area contributed by atoms with Gasteiger partial charge in [-0.2, -0.15) is 0 Å². The molecule has 96 valence electrons. The summed E-state index contributed by atoms with van der Waals surface area (Å²) >= 11 is 9.08. The van der Waals surface area contributed by atoms with Gasteiger partial charge < -0.3 is 5.32 Å². The molecule has 0 aliphatic rings. The minimum absolute atomic E-state index is 0.236. The van der Waals surface area contributed by atoms with Gasteiger partial charge in [0.1, 0.15) is 0 Å². The van der Waals surface area contributed by atoms with Crippen molar-refractivity contribution in [2.24, 2.45) is 0 Å². The lowest BCUT2D eigenvalue weighted by molar-refractivity contribution is 0.635. The standard InChI is InChI=1S/C14H15Br2NS/c1-3-17-13(14-11(15)6-7-18-14)10-5-4-9(2)8-12(10)16/h4-8,13,17H,3H2,1-2H3. The van der Waals surface area contributed by atoms with Gasteiger partial charge >= 0.3 is 0 Å². The van der Waals surface area contributed by atoms with E-state index in [-0.39, 0.29) is 6.04 Å². The van der Waals surface area contributed by atoms with Crippen LogP contribution in [0.5, 0.6) is 0 Å². The highest BCUT2D eigenvalue weighted by atomic mass is 79.9. The number of hydrogen-bond acceptors (Lipinski definition) is 2. The summed E-state index contributed by atoms with van der Waals surface area (Å²) in [6, 6.07) is 8.86. The molecule has 1 aromatic heterocycles. The van der Waals surface area contributed by atoms with Crippen LogP contribution in [0.15, 0.2) is 38.6 Å². The van der Waals surface area contributed by atoms with Gasteiger partial charge in [0.25, 0.3) is 0 Å². The first-order valence-electron chi connectivity index (χ1n) is 5.85. The van der Waals surface area contributed by atoms with Crippen molar-refractivity contribution in [2.75, 3.05) is 6.54 Å². The van der Waals surface area contributed by atoms with Crippen LogP contribution in [0.4, 0.5) is 0 Å². The molecule has 0 spiro atoms. The highest BCUT2D eigenvalue weighted by Gasteiger charge is 2.19. The lowest BCUT2D eigenvalue weighted by Gasteiger charge is -2.19. The summed E-state index contributed by atoms with van der Waals surface area (Å²) in [6.07, 6.45) is 0. The molecule has 1 unspecified atom stereocenters. The average Bonchev–Trinajstić information content (AvgIpc) is 2.73. The summed E-state index contributed by atoms with van der Waals surface area (Å²) in [5.74, 6) is 0. The van der Waals surface area contributed by atoms with Gasteiger partial charge in [-0.15, -0.1) is 11.3 Å². The van der Waals surface area contributed by atoms with E-state index in [1.54, 1.807) is 11.3 Å². The van der Waals surface area contributed by atoms with E-state index in [4.69, 9.17) is 0 Å². The second kappa shape index (κ2) is 6.33. The van der Waals surface area contributed by atoms with Gasteiger partial charge in [-0.1, -0.05) is 35.0 Å². The molecular weight excluding hydrogens is 374 g/mol. The fourth-order valence-corrected chi connectivity index (χ4v) is 4.34. The van der Waals surface area contributed by atoms with E-state index in [2.05, 4.69) is 80.7 Å². The quantitative estimate of drug-likeness (QED) is 0.751. The highest BCUT2D eigenvalue weighted by Crippen LogP contribution is 2.36. The van der Waals surface area contributed by atoms with Crippen LogP contribution in [0.25, 0.3) is 0 Å². The van der Waals surface area contributed by atoms with Crippen LogP contribution in [-0.4, -0.2) is 6.54 Å². The molecule has 0 saturated carbocycles. The second-order valence-electron chi connectivity index (χ2n) is 4.15. The van der Waals surface area contributed by atoms with E-state index in [1.165, 1.54) is 20.5 Å². The summed E-state index contributed by atoms with van der Waals surface area (Å²) < 4.78 is 2.33. The number of hydrogen-bond donors (Lipinski definition) is 1. The Morgan fingerprint density at radius 1 is 1.22 bits per heavy atom. The Bertz CT molecular complexity index is 536. The van der Waals surface area contributed by atoms with Crippen molar-refractivity contribution in [1.82, 2.24) is 5.32 Å². The van der Waals surface area contributed by atoms with Crippen molar-refractivity contribution < 1.29 is 0 Å². The molecule has 2 aromatic rings. The van der Waals surface area contributed by atoms with Gasteiger partial charge in [-0.05, 0) is 58.0 Å². The fourth-order valence-electron chi connectivity index (χ4n) is 1.93. The maximum absolute atomic E-state index is 3.68. The molecule has 18 heavy (non-hydrogen) atoms. The van der Waals surface area contributed by atoms with Crippen molar-refractivity contribution in [3.05, 3.63) is 54.6 Å². The topological polar surface area (TPSA) is 12.0 Å². The van der Waals surface area contributed by atoms with Gasteiger partial charge in [0.15, 0.2) is 0 Å². The lowest BCUT2D eigenvalue weighted by atomic mass is 10.0. The van der Waals surface area contributed by atoms with Crippen molar-refractivity contribution >= 4 is 43.2 Å². The first-order valence-corrected chi connectivity index (χ1v) is 8.32. The monoisotopic (exact) mass is 387 g/mol. The number of thiophene rings is 1. The Balaban J connectivity index is 2.45. The molecule has 0 radical (unpaired) electrons. The fraction of sp³-hybridized carbons (Fsp3) is 0.286. The molecule has 0 fully saturated rings. The molecule has 1 aromatic carbocycles. The third-order valence-corrected chi connectivity index (χ3v) is 5.40. The smallest absolute Gasteiger partial charge is 0.0693 e. The molecule has 1 atom stereocenters. The Hall–Kier alpha value is -0.160. The van der Waals surface area contributed by atoms with Gasteiger partial charge in [-0.25, -0.2) is 0 Å². The zero-order valence-corrected chi connectivity index (χ0v) is 14.3. The van der Waals surface area contributed by atoms with Crippen LogP contribution in [0, 0.1) is 6.92 Å². The van der Waals surface area contributed by atoms with Crippen molar-refractivity contribution in [3.63, 3.8) is 0 Å². The van der Waals surface area contributed by atoms with Crippen molar-refractivity contribution in [3.8, 4) is 0 Å². The Labute approximate surface area is 129 Å². The summed E-state index contributed by atoms with van der Waals surface area (Å²) in [5.41, 5.74) is 2.55. The van der Waals surface area contributed by atoms with Gasteiger partial charge in [0.05, 0.1) is 6.04 Å². The first kappa shape index (κ1) is 14.3. The molecule has 1 heterocycles. The number of aryl methyl sites for hydroxylation is 1. The predicted molar refractivity (Wildman–Crippen MR) is 86.4 cm³/mol. The molecule has 0 aliphatic heterocycles. The summed E-state index contributed by atoms with van der Waals surface area (Å²) in [7, 11) is 0. The minimum Gasteiger partial charge on any atom is -0.306 e. The molecule has 0 amide bonds. The third kappa shape index (κ3) is 3.05. The molecule has 0 aliphatic carbocycles. The normalized spacial score (nSPS) is 12.7. The van der Waals surface area contributed by atoms with Crippen LogP contribution in [-0.2, 0) is 0 Å². The Kier molecular flexibility index (Phi) is 5.01. The Morgan fingerprint density at radius 2 is 2.00 bits per heavy atom. The summed E-state index contributed by atoms with van der Waals surface area (Å²) in [6.45, 7) is 5.18. The van der Waals surface area contributed by atoms with E-state index < -0.39 is 0 Å². The number of benzene rings is 1. The van der Waals surface area contributed by atoms with Crippen LogP contribution in [0.1, 0.15) is 29.0 Å². The molecule has 1 N–H and O–H groups in total. The van der Waals surface area contributed by atoms with Crippen LogP contribution < -0.4 is 5.32 Å². The zero-order chi connectivity index (χ0) is 13.1. The van der Waals surface area contributed by atoms with Gasteiger partial charge in [-0.3, -0.25) is 0 Å². The molecule has 0 bridgehead atoms. The zero-order valence-electron chi connectivity index (χ0n) is 10.3. The predicted octanol–water partition coefficient (Wildman–Crippen LogP) is 5.28. The molecule has 1 nitrogen and oxygen atoms in total. The van der Waals surface area contributed by atoms with Gasteiger partial charge in [0, 0.05) is 13.8 Å². The average molecular weight is 389 g/mol. The molecular formula is C14H15Br2NS. The third-order valence-electron chi connectivity index (χ3n) is 2.78. The summed E-state index contributed by atoms with van der Waals surface area (Å²) in [5, 5.41) is 5.67. The van der Waals surface area contributed by atoms with Crippen LogP contribution >= 0.6 is 43.2 Å². The molecule has 2 rings (SSSR count). The van der Waals surface area contributed by atoms with Crippen LogP contribution in [0.3, 0.4) is 0 Å².